The van der Waals surface area contributed by atoms with Crippen LogP contribution in [0.3, 0.4) is 0 Å². The van der Waals surface area contributed by atoms with E-state index in [0.29, 0.717) is 29.0 Å². The molecule has 0 fully saturated rings. The zero-order chi connectivity index (χ0) is 17.6. The number of furan rings is 1. The predicted molar refractivity (Wildman–Crippen MR) is 96.1 cm³/mol. The maximum Gasteiger partial charge on any atom is 0.236 e. The molecule has 1 atom stereocenters. The van der Waals surface area contributed by atoms with Crippen molar-refractivity contribution in [3.8, 4) is 11.4 Å². The summed E-state index contributed by atoms with van der Waals surface area (Å²) in [5, 5.41) is 7.18. The van der Waals surface area contributed by atoms with E-state index in [2.05, 4.69) is 15.5 Å². The van der Waals surface area contributed by atoms with Gasteiger partial charge in [-0.15, -0.1) is 11.8 Å². The van der Waals surface area contributed by atoms with Crippen LogP contribution in [0.1, 0.15) is 18.6 Å². The topological polar surface area (TPSA) is 81.2 Å². The van der Waals surface area contributed by atoms with Crippen molar-refractivity contribution in [2.24, 2.45) is 0 Å². The van der Waals surface area contributed by atoms with E-state index in [1.54, 1.807) is 24.5 Å². The van der Waals surface area contributed by atoms with Crippen LogP contribution in [-0.2, 0) is 17.1 Å². The smallest absolute Gasteiger partial charge is 0.236 e. The first-order chi connectivity index (χ1) is 12.1. The van der Waals surface area contributed by atoms with E-state index in [0.717, 1.165) is 11.3 Å². The Morgan fingerprint density at radius 1 is 1.32 bits per heavy atom. The first-order valence-electron chi connectivity index (χ1n) is 7.62. The molecule has 0 saturated heterocycles. The van der Waals surface area contributed by atoms with E-state index >= 15 is 0 Å². The fourth-order valence-electron chi connectivity index (χ4n) is 2.03. The molecule has 2 aromatic heterocycles. The summed E-state index contributed by atoms with van der Waals surface area (Å²) in [6.07, 6.45) is 1.58. The minimum absolute atomic E-state index is 0.0705. The first-order valence-corrected chi connectivity index (χ1v) is 9.04. The predicted octanol–water partition coefficient (Wildman–Crippen LogP) is 3.92. The minimum atomic E-state index is -0.249. The number of halogens is 1. The van der Waals surface area contributed by atoms with Gasteiger partial charge in [-0.25, -0.2) is 0 Å². The number of thioether (sulfide) groups is 1. The zero-order valence-corrected chi connectivity index (χ0v) is 15.0. The normalized spacial score (nSPS) is 12.1. The average molecular weight is 378 g/mol. The lowest BCUT2D eigenvalue weighted by Crippen LogP contribution is -2.30. The van der Waals surface area contributed by atoms with Gasteiger partial charge in [-0.3, -0.25) is 4.79 Å². The summed E-state index contributed by atoms with van der Waals surface area (Å²) in [5.74, 6) is 2.08. The molecule has 0 bridgehead atoms. The molecule has 0 radical (unpaired) electrons. The van der Waals surface area contributed by atoms with E-state index in [1.165, 1.54) is 11.8 Å². The highest BCUT2D eigenvalue weighted by Crippen LogP contribution is 2.21. The van der Waals surface area contributed by atoms with Crippen LogP contribution in [-0.4, -0.2) is 21.3 Å². The highest BCUT2D eigenvalue weighted by molar-refractivity contribution is 7.99. The molecule has 3 aromatic rings. The third kappa shape index (κ3) is 4.87. The van der Waals surface area contributed by atoms with Gasteiger partial charge in [0.15, 0.2) is 0 Å². The Morgan fingerprint density at radius 2 is 2.12 bits per heavy atom. The van der Waals surface area contributed by atoms with Crippen molar-refractivity contribution in [3.63, 3.8) is 0 Å². The van der Waals surface area contributed by atoms with Crippen molar-refractivity contribution >= 4 is 29.3 Å². The van der Waals surface area contributed by atoms with E-state index in [4.69, 9.17) is 20.5 Å². The molecular formula is C17H16ClN3O3S. The van der Waals surface area contributed by atoms with Gasteiger partial charge in [-0.1, -0.05) is 16.8 Å². The van der Waals surface area contributed by atoms with Crippen LogP contribution in [0.2, 0.25) is 5.02 Å². The standard InChI is InChI=1S/C17H16ClN3O3S/c1-11(17(22)19-9-14-3-2-8-23-14)25-10-15-20-16(21-24-15)12-4-6-13(18)7-5-12/h2-8,11H,9-10H2,1H3,(H,19,22)/t11-/m0/s1. The van der Waals surface area contributed by atoms with Gasteiger partial charge < -0.3 is 14.3 Å². The highest BCUT2D eigenvalue weighted by atomic mass is 35.5. The van der Waals surface area contributed by atoms with Gasteiger partial charge in [-0.05, 0) is 43.3 Å². The molecule has 0 spiro atoms. The Labute approximate surface area is 153 Å². The first kappa shape index (κ1) is 17.6. The van der Waals surface area contributed by atoms with Crippen LogP contribution in [0.4, 0.5) is 0 Å². The molecule has 0 unspecified atom stereocenters. The number of carbonyl (C=O) groups is 1. The quantitative estimate of drug-likeness (QED) is 0.672. The molecule has 0 saturated carbocycles. The molecule has 0 aliphatic heterocycles. The van der Waals surface area contributed by atoms with Crippen LogP contribution in [0.5, 0.6) is 0 Å². The number of amides is 1. The van der Waals surface area contributed by atoms with Gasteiger partial charge in [0.05, 0.1) is 23.8 Å². The second-order valence-electron chi connectivity index (χ2n) is 5.27. The number of nitrogens with zero attached hydrogens (tertiary/aromatic N) is 2. The Bertz CT molecular complexity index is 818. The van der Waals surface area contributed by atoms with Crippen LogP contribution < -0.4 is 5.32 Å². The lowest BCUT2D eigenvalue weighted by molar-refractivity contribution is -0.120. The van der Waals surface area contributed by atoms with Crippen molar-refractivity contribution in [1.29, 1.82) is 0 Å². The minimum Gasteiger partial charge on any atom is -0.467 e. The summed E-state index contributed by atoms with van der Waals surface area (Å²) in [6.45, 7) is 2.20. The SMILES string of the molecule is C[C@H](SCc1nc(-c2ccc(Cl)cc2)no1)C(=O)NCc1ccco1. The maximum atomic E-state index is 12.1. The van der Waals surface area contributed by atoms with E-state index in [1.807, 2.05) is 25.1 Å². The fourth-order valence-corrected chi connectivity index (χ4v) is 2.90. The lowest BCUT2D eigenvalue weighted by Gasteiger charge is -2.09. The molecule has 1 aromatic carbocycles. The molecule has 1 amide bonds. The molecule has 6 nitrogen and oxygen atoms in total. The van der Waals surface area contributed by atoms with Crippen molar-refractivity contribution < 1.29 is 13.7 Å². The Morgan fingerprint density at radius 3 is 2.84 bits per heavy atom. The summed E-state index contributed by atoms with van der Waals surface area (Å²) < 4.78 is 10.4. The van der Waals surface area contributed by atoms with Gasteiger partial charge in [0, 0.05) is 10.6 Å². The van der Waals surface area contributed by atoms with Crippen molar-refractivity contribution in [1.82, 2.24) is 15.5 Å². The molecule has 0 aliphatic rings. The van der Waals surface area contributed by atoms with E-state index in [-0.39, 0.29) is 11.2 Å². The lowest BCUT2D eigenvalue weighted by atomic mass is 10.2. The summed E-state index contributed by atoms with van der Waals surface area (Å²) in [6, 6.07) is 10.8. The van der Waals surface area contributed by atoms with E-state index < -0.39 is 0 Å². The summed E-state index contributed by atoms with van der Waals surface area (Å²) in [7, 11) is 0. The van der Waals surface area contributed by atoms with Gasteiger partial charge in [-0.2, -0.15) is 4.98 Å². The van der Waals surface area contributed by atoms with E-state index in [9.17, 15) is 4.79 Å². The van der Waals surface area contributed by atoms with Gasteiger partial charge >= 0.3 is 0 Å². The van der Waals surface area contributed by atoms with Crippen molar-refractivity contribution in [2.75, 3.05) is 0 Å². The fraction of sp³-hybridized carbons (Fsp3) is 0.235. The molecule has 8 heteroatoms. The molecular weight excluding hydrogens is 362 g/mol. The Hall–Kier alpha value is -2.25. The summed E-state index contributed by atoms with van der Waals surface area (Å²) >= 11 is 7.29. The zero-order valence-electron chi connectivity index (χ0n) is 13.4. The average Bonchev–Trinajstić information content (AvgIpc) is 3.30. The largest absolute Gasteiger partial charge is 0.467 e. The second-order valence-corrected chi connectivity index (χ2v) is 7.03. The monoisotopic (exact) mass is 377 g/mol. The third-order valence-corrected chi connectivity index (χ3v) is 4.79. The molecule has 0 aliphatic carbocycles. The van der Waals surface area contributed by atoms with Crippen molar-refractivity contribution in [3.05, 3.63) is 59.3 Å². The Kier molecular flexibility index (Phi) is 5.78. The van der Waals surface area contributed by atoms with Crippen LogP contribution >= 0.6 is 23.4 Å². The number of benzene rings is 1. The number of hydrogen-bond donors (Lipinski definition) is 1. The number of nitrogens with one attached hydrogen (secondary N) is 1. The molecule has 130 valence electrons. The summed E-state index contributed by atoms with van der Waals surface area (Å²) in [4.78, 5) is 16.4. The second kappa shape index (κ2) is 8.22. The highest BCUT2D eigenvalue weighted by Gasteiger charge is 2.16. The number of rotatable bonds is 7. The molecule has 25 heavy (non-hydrogen) atoms. The molecule has 3 rings (SSSR count). The maximum absolute atomic E-state index is 12.1. The van der Waals surface area contributed by atoms with Crippen LogP contribution in [0, 0.1) is 0 Å². The van der Waals surface area contributed by atoms with Gasteiger partial charge in [0.1, 0.15) is 5.76 Å². The number of carbonyl (C=O) groups excluding carboxylic acids is 1. The Balaban J connectivity index is 1.49. The van der Waals surface area contributed by atoms with Crippen LogP contribution in [0.25, 0.3) is 11.4 Å². The number of hydrogen-bond acceptors (Lipinski definition) is 6. The molecule has 1 N–H and O–H groups in total. The van der Waals surface area contributed by atoms with Crippen molar-refractivity contribution in [2.45, 2.75) is 24.5 Å². The van der Waals surface area contributed by atoms with Gasteiger partial charge in [0.2, 0.25) is 17.6 Å². The van der Waals surface area contributed by atoms with Crippen LogP contribution in [0.15, 0.2) is 51.6 Å². The molecule has 2 heterocycles. The van der Waals surface area contributed by atoms with Gasteiger partial charge in [0.25, 0.3) is 0 Å². The third-order valence-electron chi connectivity index (χ3n) is 3.41. The summed E-state index contributed by atoms with van der Waals surface area (Å²) in [5.41, 5.74) is 0.827. The number of aromatic nitrogens is 2.